The summed E-state index contributed by atoms with van der Waals surface area (Å²) in [6.07, 6.45) is 0. The van der Waals surface area contributed by atoms with E-state index in [1.165, 1.54) is 4.80 Å². The predicted molar refractivity (Wildman–Crippen MR) is 104 cm³/mol. The zero-order chi connectivity index (χ0) is 19.1. The standard InChI is InChI=1S/C20H13ClN4O3/c21-14-9-16-17(24-25(23-16)13-4-2-1-3-5-13)10-15(14)22-20(26)12-6-7-18-19(8-12)28-11-27-18/h1-10H,11H2,(H,22,26). The first-order chi connectivity index (χ1) is 13.7. The van der Waals surface area contributed by atoms with E-state index in [0.717, 1.165) is 5.69 Å². The molecule has 0 radical (unpaired) electrons. The number of nitrogens with one attached hydrogen (secondary N) is 1. The average Bonchev–Trinajstić information content (AvgIpc) is 3.34. The highest BCUT2D eigenvalue weighted by Gasteiger charge is 2.17. The Morgan fingerprint density at radius 3 is 2.54 bits per heavy atom. The Balaban J connectivity index is 1.45. The number of aromatic nitrogens is 3. The lowest BCUT2D eigenvalue weighted by molar-refractivity contribution is 0.102. The van der Waals surface area contributed by atoms with Gasteiger partial charge < -0.3 is 14.8 Å². The van der Waals surface area contributed by atoms with E-state index in [4.69, 9.17) is 21.1 Å². The topological polar surface area (TPSA) is 78.3 Å². The Kier molecular flexibility index (Phi) is 3.87. The molecule has 5 rings (SSSR count). The van der Waals surface area contributed by atoms with Gasteiger partial charge in [0.25, 0.3) is 5.91 Å². The molecule has 0 aliphatic carbocycles. The Morgan fingerprint density at radius 1 is 0.964 bits per heavy atom. The molecule has 4 aromatic rings. The van der Waals surface area contributed by atoms with Crippen molar-refractivity contribution in [2.45, 2.75) is 0 Å². The number of halogens is 1. The van der Waals surface area contributed by atoms with E-state index in [1.807, 2.05) is 30.3 Å². The summed E-state index contributed by atoms with van der Waals surface area (Å²) in [6, 6.07) is 17.9. The molecule has 1 amide bonds. The van der Waals surface area contributed by atoms with E-state index < -0.39 is 0 Å². The molecular formula is C20H13ClN4O3. The monoisotopic (exact) mass is 392 g/mol. The molecule has 0 fully saturated rings. The molecule has 0 atom stereocenters. The van der Waals surface area contributed by atoms with E-state index in [1.54, 1.807) is 30.3 Å². The summed E-state index contributed by atoms with van der Waals surface area (Å²) in [5.74, 6) is 0.850. The third kappa shape index (κ3) is 2.91. The summed E-state index contributed by atoms with van der Waals surface area (Å²) < 4.78 is 10.6. The number of carbonyl (C=O) groups is 1. The minimum Gasteiger partial charge on any atom is -0.454 e. The van der Waals surface area contributed by atoms with Crippen LogP contribution in [0.5, 0.6) is 11.5 Å². The van der Waals surface area contributed by atoms with Crippen LogP contribution in [0.1, 0.15) is 10.4 Å². The second-order valence-electron chi connectivity index (χ2n) is 6.17. The minimum atomic E-state index is -0.310. The smallest absolute Gasteiger partial charge is 0.255 e. The molecular weight excluding hydrogens is 380 g/mol. The van der Waals surface area contributed by atoms with Gasteiger partial charge in [-0.05, 0) is 42.5 Å². The van der Waals surface area contributed by atoms with Crippen molar-refractivity contribution in [1.29, 1.82) is 0 Å². The average molecular weight is 393 g/mol. The number of anilines is 1. The van der Waals surface area contributed by atoms with E-state index in [0.29, 0.717) is 38.8 Å². The molecule has 0 unspecified atom stereocenters. The van der Waals surface area contributed by atoms with E-state index in [2.05, 4.69) is 15.5 Å². The van der Waals surface area contributed by atoms with E-state index in [-0.39, 0.29) is 12.7 Å². The SMILES string of the molecule is O=C(Nc1cc2nn(-c3ccccc3)nc2cc1Cl)c1ccc2c(c1)OCO2. The van der Waals surface area contributed by atoms with Gasteiger partial charge in [0, 0.05) is 5.56 Å². The first-order valence-corrected chi connectivity index (χ1v) is 8.88. The summed E-state index contributed by atoms with van der Waals surface area (Å²) >= 11 is 6.35. The maximum atomic E-state index is 12.6. The van der Waals surface area contributed by atoms with Crippen molar-refractivity contribution < 1.29 is 14.3 Å². The Bertz CT molecular complexity index is 1210. The zero-order valence-corrected chi connectivity index (χ0v) is 15.2. The largest absolute Gasteiger partial charge is 0.454 e. The molecule has 0 saturated heterocycles. The molecule has 1 aromatic heterocycles. The molecule has 0 spiro atoms. The van der Waals surface area contributed by atoms with Crippen LogP contribution in [0.3, 0.4) is 0 Å². The van der Waals surface area contributed by atoms with Gasteiger partial charge in [0.2, 0.25) is 6.79 Å². The van der Waals surface area contributed by atoms with Gasteiger partial charge in [0.1, 0.15) is 11.0 Å². The van der Waals surface area contributed by atoms with Gasteiger partial charge >= 0.3 is 0 Å². The van der Waals surface area contributed by atoms with Crippen molar-refractivity contribution in [2.75, 3.05) is 12.1 Å². The third-order valence-corrected chi connectivity index (χ3v) is 4.65. The highest BCUT2D eigenvalue weighted by molar-refractivity contribution is 6.34. The molecule has 0 bridgehead atoms. The summed E-state index contributed by atoms with van der Waals surface area (Å²) in [5, 5.41) is 12.1. The fourth-order valence-corrected chi connectivity index (χ4v) is 3.15. The van der Waals surface area contributed by atoms with Gasteiger partial charge in [-0.1, -0.05) is 29.8 Å². The van der Waals surface area contributed by atoms with Crippen LogP contribution in [0.25, 0.3) is 16.7 Å². The maximum absolute atomic E-state index is 12.6. The highest BCUT2D eigenvalue weighted by Crippen LogP contribution is 2.33. The van der Waals surface area contributed by atoms with Crippen LogP contribution in [0.2, 0.25) is 5.02 Å². The highest BCUT2D eigenvalue weighted by atomic mass is 35.5. The number of hydrogen-bond donors (Lipinski definition) is 1. The molecule has 28 heavy (non-hydrogen) atoms. The molecule has 0 saturated carbocycles. The van der Waals surface area contributed by atoms with E-state index >= 15 is 0 Å². The zero-order valence-electron chi connectivity index (χ0n) is 14.4. The molecule has 1 aliphatic rings. The van der Waals surface area contributed by atoms with Crippen LogP contribution in [0, 0.1) is 0 Å². The number of carbonyl (C=O) groups excluding carboxylic acids is 1. The number of rotatable bonds is 3. The lowest BCUT2D eigenvalue weighted by atomic mass is 10.2. The normalized spacial score (nSPS) is 12.3. The lowest BCUT2D eigenvalue weighted by Gasteiger charge is -2.07. The van der Waals surface area contributed by atoms with Crippen molar-refractivity contribution in [2.24, 2.45) is 0 Å². The number of nitrogens with zero attached hydrogens (tertiary/aromatic N) is 3. The van der Waals surface area contributed by atoms with Crippen LogP contribution in [-0.2, 0) is 0 Å². The number of hydrogen-bond acceptors (Lipinski definition) is 5. The lowest BCUT2D eigenvalue weighted by Crippen LogP contribution is -2.12. The fraction of sp³-hybridized carbons (Fsp3) is 0.0500. The number of benzene rings is 3. The molecule has 1 N–H and O–H groups in total. The molecule has 2 heterocycles. The molecule has 3 aromatic carbocycles. The minimum absolute atomic E-state index is 0.153. The number of para-hydroxylation sites is 1. The Morgan fingerprint density at radius 2 is 1.71 bits per heavy atom. The number of fused-ring (bicyclic) bond motifs is 2. The van der Waals surface area contributed by atoms with Crippen LogP contribution >= 0.6 is 11.6 Å². The van der Waals surface area contributed by atoms with Gasteiger partial charge in [-0.3, -0.25) is 4.79 Å². The third-order valence-electron chi connectivity index (χ3n) is 4.34. The second-order valence-corrected chi connectivity index (χ2v) is 6.58. The van der Waals surface area contributed by atoms with Gasteiger partial charge in [0.15, 0.2) is 11.5 Å². The Labute approximate surface area is 164 Å². The number of ether oxygens (including phenoxy) is 2. The summed E-state index contributed by atoms with van der Waals surface area (Å²) in [5.41, 5.74) is 2.98. The maximum Gasteiger partial charge on any atom is 0.255 e. The van der Waals surface area contributed by atoms with Crippen LogP contribution in [0.15, 0.2) is 60.7 Å². The quantitative estimate of drug-likeness (QED) is 0.569. The number of amides is 1. The van der Waals surface area contributed by atoms with Crippen molar-refractivity contribution >= 4 is 34.2 Å². The summed E-state index contributed by atoms with van der Waals surface area (Å²) in [7, 11) is 0. The predicted octanol–water partition coefficient (Wildman–Crippen LogP) is 4.05. The molecule has 8 heteroatoms. The van der Waals surface area contributed by atoms with E-state index in [9.17, 15) is 4.79 Å². The Hall–Kier alpha value is -3.58. The molecule has 138 valence electrons. The van der Waals surface area contributed by atoms with Gasteiger partial charge in [0.05, 0.1) is 16.4 Å². The second kappa shape index (κ2) is 6.54. The summed E-state index contributed by atoms with van der Waals surface area (Å²) in [6.45, 7) is 0.153. The van der Waals surface area contributed by atoms with Gasteiger partial charge in [-0.25, -0.2) is 0 Å². The molecule has 1 aliphatic heterocycles. The summed E-state index contributed by atoms with van der Waals surface area (Å²) in [4.78, 5) is 14.2. The molecule has 7 nitrogen and oxygen atoms in total. The van der Waals surface area contributed by atoms with Crippen molar-refractivity contribution in [3.05, 3.63) is 71.2 Å². The van der Waals surface area contributed by atoms with Crippen molar-refractivity contribution in [3.8, 4) is 17.2 Å². The van der Waals surface area contributed by atoms with Crippen molar-refractivity contribution in [1.82, 2.24) is 15.0 Å². The first kappa shape index (κ1) is 16.6. The van der Waals surface area contributed by atoms with Gasteiger partial charge in [-0.15, -0.1) is 10.2 Å². The van der Waals surface area contributed by atoms with Crippen LogP contribution in [0.4, 0.5) is 5.69 Å². The van der Waals surface area contributed by atoms with Gasteiger partial charge in [-0.2, -0.15) is 4.80 Å². The van der Waals surface area contributed by atoms with Crippen LogP contribution in [-0.4, -0.2) is 27.7 Å². The first-order valence-electron chi connectivity index (χ1n) is 8.50. The van der Waals surface area contributed by atoms with Crippen molar-refractivity contribution in [3.63, 3.8) is 0 Å². The fourth-order valence-electron chi connectivity index (χ4n) is 2.94. The van der Waals surface area contributed by atoms with Crippen LogP contribution < -0.4 is 14.8 Å².